The summed E-state index contributed by atoms with van der Waals surface area (Å²) in [5.41, 5.74) is 1.53. The molecule has 7 nitrogen and oxygen atoms in total. The lowest BCUT2D eigenvalue weighted by Crippen LogP contribution is -2.25. The first-order valence-corrected chi connectivity index (χ1v) is 9.36. The van der Waals surface area contributed by atoms with Crippen molar-refractivity contribution in [3.05, 3.63) is 36.2 Å². The zero-order valence-electron chi connectivity index (χ0n) is 15.7. The Kier molecular flexibility index (Phi) is 4.78. The Hall–Kier alpha value is -2.54. The van der Waals surface area contributed by atoms with E-state index in [0.717, 1.165) is 43.8 Å². The number of nitrogens with one attached hydrogen (secondary N) is 1. The predicted molar refractivity (Wildman–Crippen MR) is 100 cm³/mol. The van der Waals surface area contributed by atoms with Crippen LogP contribution in [0.15, 0.2) is 30.6 Å². The van der Waals surface area contributed by atoms with E-state index < -0.39 is 0 Å². The molecule has 27 heavy (non-hydrogen) atoms. The third kappa shape index (κ3) is 4.08. The predicted octanol–water partition coefficient (Wildman–Crippen LogP) is 2.97. The Morgan fingerprint density at radius 2 is 2.19 bits per heavy atom. The van der Waals surface area contributed by atoms with E-state index in [4.69, 9.17) is 14.2 Å². The van der Waals surface area contributed by atoms with Gasteiger partial charge in [-0.05, 0) is 32.8 Å². The van der Waals surface area contributed by atoms with Gasteiger partial charge < -0.3 is 19.5 Å². The average Bonchev–Trinajstić information content (AvgIpc) is 3.23. The fourth-order valence-electron chi connectivity index (χ4n) is 3.59. The van der Waals surface area contributed by atoms with E-state index in [0.29, 0.717) is 17.5 Å². The summed E-state index contributed by atoms with van der Waals surface area (Å²) in [6.45, 7) is 5.50. The van der Waals surface area contributed by atoms with Crippen LogP contribution in [0.4, 0.5) is 5.69 Å². The molecule has 0 saturated carbocycles. The van der Waals surface area contributed by atoms with E-state index in [9.17, 15) is 4.79 Å². The monoisotopic (exact) mass is 371 g/mol. The van der Waals surface area contributed by atoms with Crippen molar-refractivity contribution in [1.29, 1.82) is 0 Å². The van der Waals surface area contributed by atoms with Gasteiger partial charge in [0.15, 0.2) is 18.1 Å². The number of benzene rings is 1. The molecule has 2 aliphatic heterocycles. The first-order chi connectivity index (χ1) is 13.0. The van der Waals surface area contributed by atoms with Crippen molar-refractivity contribution in [3.8, 4) is 11.5 Å². The number of nitrogens with zero attached hydrogens (tertiary/aromatic N) is 2. The van der Waals surface area contributed by atoms with Crippen LogP contribution < -0.4 is 14.8 Å². The zero-order valence-corrected chi connectivity index (χ0v) is 15.7. The maximum absolute atomic E-state index is 12.3. The Labute approximate surface area is 158 Å². The van der Waals surface area contributed by atoms with Gasteiger partial charge in [-0.3, -0.25) is 9.48 Å². The molecule has 1 N–H and O–H groups in total. The maximum atomic E-state index is 12.3. The highest BCUT2D eigenvalue weighted by Gasteiger charge is 2.32. The van der Waals surface area contributed by atoms with Crippen LogP contribution in [0.3, 0.4) is 0 Å². The van der Waals surface area contributed by atoms with Gasteiger partial charge in [0.1, 0.15) is 5.60 Å². The van der Waals surface area contributed by atoms with Crippen molar-refractivity contribution < 1.29 is 19.0 Å². The van der Waals surface area contributed by atoms with Gasteiger partial charge in [0.25, 0.3) is 5.91 Å². The fraction of sp³-hybridized carbons (Fsp3) is 0.500. The third-order valence-electron chi connectivity index (χ3n) is 4.86. The van der Waals surface area contributed by atoms with E-state index in [2.05, 4.69) is 10.4 Å². The summed E-state index contributed by atoms with van der Waals surface area (Å²) >= 11 is 0. The van der Waals surface area contributed by atoms with Gasteiger partial charge in [0.2, 0.25) is 0 Å². The summed E-state index contributed by atoms with van der Waals surface area (Å²) in [6, 6.07) is 6.11. The molecule has 0 aliphatic carbocycles. The lowest BCUT2D eigenvalue weighted by Gasteiger charge is -2.22. The molecule has 0 atom stereocenters. The number of para-hydroxylation sites is 1. The highest BCUT2D eigenvalue weighted by atomic mass is 16.5. The van der Waals surface area contributed by atoms with Crippen molar-refractivity contribution >= 4 is 11.6 Å². The molecule has 0 unspecified atom stereocenters. The van der Waals surface area contributed by atoms with E-state index >= 15 is 0 Å². The second-order valence-corrected chi connectivity index (χ2v) is 7.67. The number of carbonyl (C=O) groups is 1. The van der Waals surface area contributed by atoms with Gasteiger partial charge in [-0.2, -0.15) is 5.10 Å². The lowest BCUT2D eigenvalue weighted by molar-refractivity contribution is -0.118. The SMILES string of the molecule is CC1(C)Cc2cccc(OCC(=O)Nc3cnn(C4CCOCC4)c3)c2O1. The summed E-state index contributed by atoms with van der Waals surface area (Å²) < 4.78 is 19.0. The van der Waals surface area contributed by atoms with E-state index in [1.807, 2.05) is 42.9 Å². The molecule has 7 heteroatoms. The quantitative estimate of drug-likeness (QED) is 0.875. The molecule has 2 aromatic rings. The molecule has 3 heterocycles. The van der Waals surface area contributed by atoms with Crippen molar-refractivity contribution in [3.63, 3.8) is 0 Å². The molecule has 4 rings (SSSR count). The smallest absolute Gasteiger partial charge is 0.262 e. The number of ether oxygens (including phenoxy) is 3. The first-order valence-electron chi connectivity index (χ1n) is 9.36. The van der Waals surface area contributed by atoms with E-state index in [1.165, 1.54) is 0 Å². The minimum absolute atomic E-state index is 0.0807. The van der Waals surface area contributed by atoms with Crippen molar-refractivity contribution in [2.45, 2.75) is 44.8 Å². The van der Waals surface area contributed by atoms with Crippen LogP contribution >= 0.6 is 0 Å². The molecule has 0 radical (unpaired) electrons. The largest absolute Gasteiger partial charge is 0.483 e. The molecule has 1 saturated heterocycles. The number of anilines is 1. The van der Waals surface area contributed by atoms with Crippen molar-refractivity contribution in [2.75, 3.05) is 25.1 Å². The van der Waals surface area contributed by atoms with Gasteiger partial charge in [-0.1, -0.05) is 12.1 Å². The van der Waals surface area contributed by atoms with Crippen LogP contribution in [0, 0.1) is 0 Å². The minimum atomic E-state index is -0.247. The Balaban J connectivity index is 1.33. The number of aromatic nitrogens is 2. The highest BCUT2D eigenvalue weighted by molar-refractivity contribution is 5.91. The number of carbonyl (C=O) groups excluding carboxylic acids is 1. The van der Waals surface area contributed by atoms with Gasteiger partial charge in [0, 0.05) is 31.4 Å². The van der Waals surface area contributed by atoms with Crippen molar-refractivity contribution in [1.82, 2.24) is 9.78 Å². The number of fused-ring (bicyclic) bond motifs is 1. The summed E-state index contributed by atoms with van der Waals surface area (Å²) in [7, 11) is 0. The average molecular weight is 371 g/mol. The third-order valence-corrected chi connectivity index (χ3v) is 4.86. The second-order valence-electron chi connectivity index (χ2n) is 7.67. The lowest BCUT2D eigenvalue weighted by atomic mass is 10.0. The second kappa shape index (κ2) is 7.23. The molecule has 1 amide bonds. The number of amides is 1. The van der Waals surface area contributed by atoms with E-state index in [-0.39, 0.29) is 18.1 Å². The van der Waals surface area contributed by atoms with Crippen LogP contribution in [-0.2, 0) is 16.0 Å². The van der Waals surface area contributed by atoms with Gasteiger partial charge >= 0.3 is 0 Å². The summed E-state index contributed by atoms with van der Waals surface area (Å²) in [4.78, 5) is 12.3. The van der Waals surface area contributed by atoms with Gasteiger partial charge in [-0.25, -0.2) is 0 Å². The summed E-state index contributed by atoms with van der Waals surface area (Å²) in [5.74, 6) is 1.12. The van der Waals surface area contributed by atoms with E-state index in [1.54, 1.807) is 6.20 Å². The van der Waals surface area contributed by atoms with Crippen LogP contribution in [-0.4, -0.2) is 41.1 Å². The molecular formula is C20H25N3O4. The topological polar surface area (TPSA) is 74.6 Å². The van der Waals surface area contributed by atoms with Gasteiger partial charge in [0.05, 0.1) is 17.9 Å². The molecule has 2 aliphatic rings. The summed E-state index contributed by atoms with van der Waals surface area (Å²) in [6.07, 6.45) is 6.23. The fourth-order valence-corrected chi connectivity index (χ4v) is 3.59. The summed E-state index contributed by atoms with van der Waals surface area (Å²) in [5, 5.41) is 7.20. The Bertz CT molecular complexity index is 824. The molecule has 0 bridgehead atoms. The Morgan fingerprint density at radius 3 is 3.00 bits per heavy atom. The molecule has 0 spiro atoms. The normalized spacial score (nSPS) is 18.6. The molecular weight excluding hydrogens is 346 g/mol. The first kappa shape index (κ1) is 17.9. The molecule has 1 aromatic heterocycles. The highest BCUT2D eigenvalue weighted by Crippen LogP contribution is 2.41. The number of hydrogen-bond acceptors (Lipinski definition) is 5. The van der Waals surface area contributed by atoms with Crippen molar-refractivity contribution in [2.24, 2.45) is 0 Å². The van der Waals surface area contributed by atoms with Crippen LogP contribution in [0.25, 0.3) is 0 Å². The molecule has 1 fully saturated rings. The number of rotatable bonds is 5. The van der Waals surface area contributed by atoms with Gasteiger partial charge in [-0.15, -0.1) is 0 Å². The maximum Gasteiger partial charge on any atom is 0.262 e. The zero-order chi connectivity index (χ0) is 18.9. The van der Waals surface area contributed by atoms with Crippen LogP contribution in [0.5, 0.6) is 11.5 Å². The number of hydrogen-bond donors (Lipinski definition) is 1. The van der Waals surface area contributed by atoms with Crippen LogP contribution in [0.1, 0.15) is 38.3 Å². The minimum Gasteiger partial charge on any atom is -0.483 e. The standard InChI is InChI=1S/C20H25N3O4/c1-20(2)10-14-4-3-5-17(19(14)27-20)26-13-18(24)22-15-11-21-23(12-15)16-6-8-25-9-7-16/h3-5,11-12,16H,6-10,13H2,1-2H3,(H,22,24). The molecule has 1 aromatic carbocycles. The Morgan fingerprint density at radius 1 is 1.37 bits per heavy atom. The van der Waals surface area contributed by atoms with Crippen LogP contribution in [0.2, 0.25) is 0 Å². The molecule has 144 valence electrons.